The SMILES string of the molecule is Cc1cnc2c(c1)OCCN2c1ccc2cnc(CNC(=O)c3cc(F)c4c(c3)S[C@@H](F)COC4)cc2n1. The molecule has 3 aromatic heterocycles. The van der Waals surface area contributed by atoms with Crippen molar-refractivity contribution in [3.63, 3.8) is 0 Å². The van der Waals surface area contributed by atoms with Gasteiger partial charge in [0.25, 0.3) is 5.91 Å². The van der Waals surface area contributed by atoms with Crippen molar-refractivity contribution < 1.29 is 23.0 Å². The number of halogens is 2. The van der Waals surface area contributed by atoms with E-state index in [1.165, 1.54) is 6.07 Å². The number of nitrogens with one attached hydrogen (secondary N) is 1. The molecular formula is C27H23F2N5O3S. The van der Waals surface area contributed by atoms with E-state index in [0.29, 0.717) is 35.1 Å². The van der Waals surface area contributed by atoms with E-state index in [2.05, 4.69) is 15.3 Å². The summed E-state index contributed by atoms with van der Waals surface area (Å²) < 4.78 is 39.4. The van der Waals surface area contributed by atoms with Crippen molar-refractivity contribution >= 4 is 40.2 Å². The van der Waals surface area contributed by atoms with E-state index in [9.17, 15) is 13.6 Å². The fraction of sp³-hybridized carbons (Fsp3) is 0.259. The highest BCUT2D eigenvalue weighted by Gasteiger charge is 2.24. The van der Waals surface area contributed by atoms with Crippen LogP contribution >= 0.6 is 11.8 Å². The van der Waals surface area contributed by atoms with Crippen molar-refractivity contribution in [1.29, 1.82) is 0 Å². The molecule has 0 saturated heterocycles. The summed E-state index contributed by atoms with van der Waals surface area (Å²) in [7, 11) is 0. The summed E-state index contributed by atoms with van der Waals surface area (Å²) in [5.41, 5.74) is 1.37. The molecule has 1 atom stereocenters. The number of alkyl halides is 1. The molecule has 0 saturated carbocycles. The summed E-state index contributed by atoms with van der Waals surface area (Å²) in [6.07, 6.45) is 3.49. The van der Waals surface area contributed by atoms with Gasteiger partial charge >= 0.3 is 0 Å². The molecule has 0 bridgehead atoms. The minimum absolute atomic E-state index is 0.0295. The lowest BCUT2D eigenvalue weighted by atomic mass is 10.1. The summed E-state index contributed by atoms with van der Waals surface area (Å²) in [4.78, 5) is 29.0. The van der Waals surface area contributed by atoms with E-state index in [1.807, 2.05) is 36.1 Å². The van der Waals surface area contributed by atoms with Gasteiger partial charge in [-0.3, -0.25) is 9.78 Å². The number of aryl methyl sites for hydroxylation is 1. The van der Waals surface area contributed by atoms with Crippen molar-refractivity contribution in [3.05, 3.63) is 77.0 Å². The second-order valence-corrected chi connectivity index (χ2v) is 10.2. The molecule has 0 aliphatic carbocycles. The van der Waals surface area contributed by atoms with Gasteiger partial charge < -0.3 is 19.7 Å². The quantitative estimate of drug-likeness (QED) is 0.397. The van der Waals surface area contributed by atoms with Crippen molar-refractivity contribution in [2.24, 2.45) is 0 Å². The number of carbonyl (C=O) groups excluding carboxylic acids is 1. The lowest BCUT2D eigenvalue weighted by Crippen LogP contribution is -2.30. The second-order valence-electron chi connectivity index (χ2n) is 9.03. The van der Waals surface area contributed by atoms with Crippen molar-refractivity contribution in [3.8, 4) is 5.75 Å². The Morgan fingerprint density at radius 2 is 2.11 bits per heavy atom. The molecule has 8 nitrogen and oxygen atoms in total. The largest absolute Gasteiger partial charge is 0.488 e. The number of ether oxygens (including phenoxy) is 2. The monoisotopic (exact) mass is 535 g/mol. The van der Waals surface area contributed by atoms with E-state index in [0.717, 1.165) is 40.3 Å². The lowest BCUT2D eigenvalue weighted by Gasteiger charge is -2.29. The number of hydrogen-bond donors (Lipinski definition) is 1. The van der Waals surface area contributed by atoms with Crippen LogP contribution in [0.3, 0.4) is 0 Å². The molecule has 1 amide bonds. The Morgan fingerprint density at radius 3 is 3.00 bits per heavy atom. The van der Waals surface area contributed by atoms with Gasteiger partial charge in [0, 0.05) is 33.8 Å². The summed E-state index contributed by atoms with van der Waals surface area (Å²) in [5.74, 6) is 1.09. The Balaban J connectivity index is 1.21. The fourth-order valence-corrected chi connectivity index (χ4v) is 5.33. The predicted molar refractivity (Wildman–Crippen MR) is 139 cm³/mol. The van der Waals surface area contributed by atoms with Crippen LogP contribution in [0.15, 0.2) is 53.7 Å². The maximum absolute atomic E-state index is 14.6. The van der Waals surface area contributed by atoms with Gasteiger partial charge in [-0.2, -0.15) is 0 Å². The Kier molecular flexibility index (Phi) is 6.54. The van der Waals surface area contributed by atoms with Gasteiger partial charge in [-0.15, -0.1) is 0 Å². The number of fused-ring (bicyclic) bond motifs is 3. The number of pyridine rings is 3. The Hall–Kier alpha value is -3.83. The third-order valence-corrected chi connectivity index (χ3v) is 7.30. The molecular weight excluding hydrogens is 512 g/mol. The van der Waals surface area contributed by atoms with Gasteiger partial charge in [-0.25, -0.2) is 18.7 Å². The molecule has 1 N–H and O–H groups in total. The molecule has 6 rings (SSSR count). The molecule has 38 heavy (non-hydrogen) atoms. The van der Waals surface area contributed by atoms with Crippen LogP contribution < -0.4 is 15.0 Å². The van der Waals surface area contributed by atoms with E-state index in [4.69, 9.17) is 14.5 Å². The van der Waals surface area contributed by atoms with Crippen LogP contribution in [0.1, 0.15) is 27.2 Å². The number of aromatic nitrogens is 3. The van der Waals surface area contributed by atoms with Crippen LogP contribution in [0, 0.1) is 12.7 Å². The smallest absolute Gasteiger partial charge is 0.251 e. The topological polar surface area (TPSA) is 89.5 Å². The van der Waals surface area contributed by atoms with Crippen molar-refractivity contribution in [2.45, 2.75) is 30.5 Å². The number of benzene rings is 1. The van der Waals surface area contributed by atoms with Gasteiger partial charge in [0.1, 0.15) is 18.2 Å². The number of hydrogen-bond acceptors (Lipinski definition) is 8. The zero-order valence-electron chi connectivity index (χ0n) is 20.4. The molecule has 194 valence electrons. The molecule has 11 heteroatoms. The Bertz CT molecular complexity index is 1550. The van der Waals surface area contributed by atoms with Crippen LogP contribution in [0.4, 0.5) is 20.4 Å². The second kappa shape index (κ2) is 10.1. The first-order valence-corrected chi connectivity index (χ1v) is 12.9. The van der Waals surface area contributed by atoms with Gasteiger partial charge in [0.15, 0.2) is 17.1 Å². The molecule has 1 aromatic carbocycles. The molecule has 5 heterocycles. The fourth-order valence-electron chi connectivity index (χ4n) is 4.40. The minimum Gasteiger partial charge on any atom is -0.488 e. The molecule has 0 unspecified atom stereocenters. The lowest BCUT2D eigenvalue weighted by molar-refractivity contribution is 0.0944. The number of anilines is 2. The molecule has 2 aliphatic heterocycles. The van der Waals surface area contributed by atoms with E-state index in [-0.39, 0.29) is 30.9 Å². The summed E-state index contributed by atoms with van der Waals surface area (Å²) in [6.45, 7) is 3.05. The van der Waals surface area contributed by atoms with Gasteiger partial charge in [-0.05, 0) is 48.9 Å². The van der Waals surface area contributed by atoms with E-state index in [1.54, 1.807) is 12.4 Å². The van der Waals surface area contributed by atoms with Crippen molar-refractivity contribution in [2.75, 3.05) is 24.7 Å². The average molecular weight is 536 g/mol. The maximum atomic E-state index is 14.6. The van der Waals surface area contributed by atoms with E-state index >= 15 is 0 Å². The summed E-state index contributed by atoms with van der Waals surface area (Å²) in [6, 6.07) is 10.3. The first-order chi connectivity index (χ1) is 18.4. The highest BCUT2D eigenvalue weighted by Crippen LogP contribution is 2.35. The maximum Gasteiger partial charge on any atom is 0.251 e. The number of carbonyl (C=O) groups is 1. The molecule has 2 aliphatic rings. The third-order valence-electron chi connectivity index (χ3n) is 6.29. The number of nitrogens with zero attached hydrogens (tertiary/aromatic N) is 4. The highest BCUT2D eigenvalue weighted by atomic mass is 32.2. The predicted octanol–water partition coefficient (Wildman–Crippen LogP) is 4.85. The number of amides is 1. The average Bonchev–Trinajstić information content (AvgIpc) is 3.11. The minimum atomic E-state index is -1.32. The Labute approximate surface area is 221 Å². The first-order valence-electron chi connectivity index (χ1n) is 12.1. The number of rotatable bonds is 4. The van der Waals surface area contributed by atoms with Crippen LogP contribution in [0.2, 0.25) is 0 Å². The normalized spacial score (nSPS) is 16.8. The van der Waals surface area contributed by atoms with Crippen LogP contribution in [-0.4, -0.2) is 46.1 Å². The highest BCUT2D eigenvalue weighted by molar-refractivity contribution is 7.99. The van der Waals surface area contributed by atoms with E-state index < -0.39 is 17.2 Å². The van der Waals surface area contributed by atoms with Gasteiger partial charge in [0.2, 0.25) is 0 Å². The molecule has 4 aromatic rings. The van der Waals surface area contributed by atoms with Crippen LogP contribution in [-0.2, 0) is 17.9 Å². The van der Waals surface area contributed by atoms with Gasteiger partial charge in [-0.1, -0.05) is 11.8 Å². The molecule has 0 fully saturated rings. The molecule has 0 spiro atoms. The van der Waals surface area contributed by atoms with Crippen LogP contribution in [0.5, 0.6) is 5.75 Å². The zero-order valence-corrected chi connectivity index (χ0v) is 21.2. The Morgan fingerprint density at radius 1 is 1.21 bits per heavy atom. The zero-order chi connectivity index (χ0) is 26.2. The third kappa shape index (κ3) is 4.86. The first kappa shape index (κ1) is 24.5. The van der Waals surface area contributed by atoms with Gasteiger partial charge in [0.05, 0.1) is 37.5 Å². The van der Waals surface area contributed by atoms with Crippen molar-refractivity contribution in [1.82, 2.24) is 20.3 Å². The molecule has 0 radical (unpaired) electrons. The number of thioether (sulfide) groups is 1. The summed E-state index contributed by atoms with van der Waals surface area (Å²) in [5, 5.41) is 3.62. The van der Waals surface area contributed by atoms with Crippen LogP contribution in [0.25, 0.3) is 10.9 Å². The standard InChI is InChI=1S/C27H23F2N5O3S/c1-15-6-22-26(31-10-15)34(4-5-37-22)25-3-2-16-11-30-18(9-21(16)33-25)12-32-27(35)17-7-20(28)19-13-36-14-24(29)38-23(19)8-17/h2-3,6-11,24H,4-5,12-14H2,1H3,(H,32,35)/t24-/m1/s1. The summed E-state index contributed by atoms with van der Waals surface area (Å²) >= 11 is 0.855.